The minimum Gasteiger partial charge on any atom is -0.368 e. The minimum atomic E-state index is -0.543. The number of likely N-dealkylation sites (tertiary alicyclic amines) is 1. The predicted molar refractivity (Wildman–Crippen MR) is 100 cm³/mol. The fraction of sp³-hybridized carbons (Fsp3) is 0.190. The normalized spacial score (nSPS) is 16.6. The maximum absolute atomic E-state index is 13.3. The van der Waals surface area contributed by atoms with E-state index in [4.69, 9.17) is 5.73 Å². The van der Waals surface area contributed by atoms with Crippen molar-refractivity contribution >= 4 is 22.7 Å². The zero-order valence-electron chi connectivity index (χ0n) is 14.6. The summed E-state index contributed by atoms with van der Waals surface area (Å²) < 4.78 is 13.3. The van der Waals surface area contributed by atoms with Crippen LogP contribution in [0.15, 0.2) is 54.7 Å². The number of fused-ring (bicyclic) bond motifs is 1. The monoisotopic (exact) mass is 363 g/mol. The van der Waals surface area contributed by atoms with E-state index >= 15 is 0 Å². The molecule has 1 aliphatic rings. The second kappa shape index (κ2) is 6.79. The largest absolute Gasteiger partial charge is 0.368 e. The number of carbonyl (C=O) groups excluding carboxylic acids is 2. The molecule has 0 bridgehead atoms. The Morgan fingerprint density at radius 2 is 1.96 bits per heavy atom. The second-order valence-corrected chi connectivity index (χ2v) is 6.70. The third-order valence-corrected chi connectivity index (χ3v) is 4.93. The number of nitrogens with zero attached hydrogens (tertiary/aromatic N) is 2. The van der Waals surface area contributed by atoms with E-state index in [0.29, 0.717) is 24.0 Å². The standard InChI is InChI=1S/C21H18FN3O2/c22-17-7-6-14-10-16(12-24-18(14)11-17)13-3-1-4-15(9-13)21(27)25-8-2-5-19(25)20(23)26/h1,3-4,6-7,9-12,19H,2,5,8H2,(H2,23,26)/t19-/m0/s1. The van der Waals surface area contributed by atoms with Crippen molar-refractivity contribution < 1.29 is 14.0 Å². The van der Waals surface area contributed by atoms with E-state index in [1.165, 1.54) is 12.1 Å². The lowest BCUT2D eigenvalue weighted by Gasteiger charge is -2.22. The smallest absolute Gasteiger partial charge is 0.254 e. The first-order valence-electron chi connectivity index (χ1n) is 8.79. The van der Waals surface area contributed by atoms with Crippen LogP contribution in [0.25, 0.3) is 22.0 Å². The number of carbonyl (C=O) groups is 2. The molecule has 0 unspecified atom stereocenters. The average Bonchev–Trinajstić information content (AvgIpc) is 3.17. The third kappa shape index (κ3) is 3.26. The zero-order chi connectivity index (χ0) is 19.0. The summed E-state index contributed by atoms with van der Waals surface area (Å²) in [6.07, 6.45) is 3.03. The summed E-state index contributed by atoms with van der Waals surface area (Å²) in [5.41, 5.74) is 8.16. The second-order valence-electron chi connectivity index (χ2n) is 6.70. The van der Waals surface area contributed by atoms with Crippen LogP contribution < -0.4 is 5.73 Å². The van der Waals surface area contributed by atoms with Gasteiger partial charge in [0.15, 0.2) is 0 Å². The molecule has 136 valence electrons. The van der Waals surface area contributed by atoms with Gasteiger partial charge in [0, 0.05) is 35.3 Å². The van der Waals surface area contributed by atoms with Gasteiger partial charge in [0.1, 0.15) is 11.9 Å². The van der Waals surface area contributed by atoms with Gasteiger partial charge in [-0.2, -0.15) is 0 Å². The number of primary amides is 1. The summed E-state index contributed by atoms with van der Waals surface area (Å²) in [4.78, 5) is 30.3. The van der Waals surface area contributed by atoms with Gasteiger partial charge in [-0.3, -0.25) is 14.6 Å². The molecule has 2 N–H and O–H groups in total. The predicted octanol–water partition coefficient (Wildman–Crippen LogP) is 3.13. The summed E-state index contributed by atoms with van der Waals surface area (Å²) >= 11 is 0. The first kappa shape index (κ1) is 17.1. The highest BCUT2D eigenvalue weighted by Gasteiger charge is 2.33. The van der Waals surface area contributed by atoms with Gasteiger partial charge in [0.05, 0.1) is 5.52 Å². The first-order chi connectivity index (χ1) is 13.0. The van der Waals surface area contributed by atoms with Crippen molar-refractivity contribution in [3.8, 4) is 11.1 Å². The molecule has 1 fully saturated rings. The Morgan fingerprint density at radius 1 is 1.11 bits per heavy atom. The lowest BCUT2D eigenvalue weighted by molar-refractivity contribution is -0.121. The van der Waals surface area contributed by atoms with E-state index < -0.39 is 11.9 Å². The number of aromatic nitrogens is 1. The number of rotatable bonds is 3. The molecule has 2 amide bonds. The summed E-state index contributed by atoms with van der Waals surface area (Å²) in [5.74, 6) is -0.998. The van der Waals surface area contributed by atoms with Crippen molar-refractivity contribution in [2.75, 3.05) is 6.54 Å². The molecule has 1 aromatic heterocycles. The lowest BCUT2D eigenvalue weighted by Crippen LogP contribution is -2.43. The van der Waals surface area contributed by atoms with Crippen LogP contribution in [-0.4, -0.2) is 34.3 Å². The molecule has 2 heterocycles. The Bertz CT molecular complexity index is 1050. The van der Waals surface area contributed by atoms with Gasteiger partial charge < -0.3 is 10.6 Å². The van der Waals surface area contributed by atoms with Crippen LogP contribution in [0, 0.1) is 5.82 Å². The molecule has 6 heteroatoms. The molecule has 0 aliphatic carbocycles. The Hall–Kier alpha value is -3.28. The quantitative estimate of drug-likeness (QED) is 0.777. The van der Waals surface area contributed by atoms with Crippen molar-refractivity contribution in [2.45, 2.75) is 18.9 Å². The molecule has 0 saturated carbocycles. The van der Waals surface area contributed by atoms with E-state index in [0.717, 1.165) is 22.9 Å². The maximum atomic E-state index is 13.3. The molecular weight excluding hydrogens is 345 g/mol. The molecule has 1 atom stereocenters. The molecule has 1 aliphatic heterocycles. The first-order valence-corrected chi connectivity index (χ1v) is 8.79. The number of amides is 2. The van der Waals surface area contributed by atoms with Gasteiger partial charge >= 0.3 is 0 Å². The van der Waals surface area contributed by atoms with Gasteiger partial charge in [-0.15, -0.1) is 0 Å². The molecule has 0 radical (unpaired) electrons. The van der Waals surface area contributed by atoms with Crippen LogP contribution in [0.2, 0.25) is 0 Å². The van der Waals surface area contributed by atoms with Gasteiger partial charge in [-0.05, 0) is 48.7 Å². The number of hydrogen-bond donors (Lipinski definition) is 1. The van der Waals surface area contributed by atoms with E-state index in [9.17, 15) is 14.0 Å². The Labute approximate surface area is 155 Å². The van der Waals surface area contributed by atoms with Crippen LogP contribution in [0.1, 0.15) is 23.2 Å². The van der Waals surface area contributed by atoms with Gasteiger partial charge in [0.2, 0.25) is 5.91 Å². The molecule has 5 nitrogen and oxygen atoms in total. The SMILES string of the molecule is NC(=O)[C@@H]1CCCN1C(=O)c1cccc(-c2cnc3cc(F)ccc3c2)c1. The van der Waals surface area contributed by atoms with Crippen molar-refractivity contribution in [1.29, 1.82) is 0 Å². The maximum Gasteiger partial charge on any atom is 0.254 e. The number of hydrogen-bond acceptors (Lipinski definition) is 3. The van der Waals surface area contributed by atoms with Crippen LogP contribution in [0.3, 0.4) is 0 Å². The fourth-order valence-electron chi connectivity index (χ4n) is 3.56. The topological polar surface area (TPSA) is 76.3 Å². The fourth-order valence-corrected chi connectivity index (χ4v) is 3.56. The minimum absolute atomic E-state index is 0.200. The number of halogens is 1. The van der Waals surface area contributed by atoms with E-state index in [1.54, 1.807) is 35.4 Å². The molecule has 3 aromatic rings. The molecule has 1 saturated heterocycles. The summed E-state index contributed by atoms with van der Waals surface area (Å²) in [5, 5.41) is 0.818. The summed E-state index contributed by atoms with van der Waals surface area (Å²) in [6.45, 7) is 0.528. The van der Waals surface area contributed by atoms with Gasteiger partial charge in [-0.25, -0.2) is 4.39 Å². The average molecular weight is 363 g/mol. The van der Waals surface area contributed by atoms with E-state index in [2.05, 4.69) is 4.98 Å². The Kier molecular flexibility index (Phi) is 4.32. The molecular formula is C21H18FN3O2. The number of nitrogens with two attached hydrogens (primary N) is 1. The molecule has 27 heavy (non-hydrogen) atoms. The van der Waals surface area contributed by atoms with Crippen LogP contribution in [0.4, 0.5) is 4.39 Å². The van der Waals surface area contributed by atoms with Crippen LogP contribution in [-0.2, 0) is 4.79 Å². The molecule has 0 spiro atoms. The third-order valence-electron chi connectivity index (χ3n) is 4.93. The van der Waals surface area contributed by atoms with Crippen molar-refractivity contribution in [2.24, 2.45) is 5.73 Å². The van der Waals surface area contributed by atoms with Gasteiger partial charge in [-0.1, -0.05) is 12.1 Å². The Morgan fingerprint density at radius 3 is 2.78 bits per heavy atom. The highest BCUT2D eigenvalue weighted by atomic mass is 19.1. The van der Waals surface area contributed by atoms with Crippen molar-refractivity contribution in [3.05, 3.63) is 66.1 Å². The highest BCUT2D eigenvalue weighted by Crippen LogP contribution is 2.26. The highest BCUT2D eigenvalue weighted by molar-refractivity contribution is 5.98. The summed E-state index contributed by atoms with van der Waals surface area (Å²) in [7, 11) is 0. The van der Waals surface area contributed by atoms with E-state index in [1.807, 2.05) is 12.1 Å². The van der Waals surface area contributed by atoms with Crippen LogP contribution >= 0.6 is 0 Å². The van der Waals surface area contributed by atoms with Gasteiger partial charge in [0.25, 0.3) is 5.91 Å². The number of pyridine rings is 1. The van der Waals surface area contributed by atoms with Crippen molar-refractivity contribution in [1.82, 2.24) is 9.88 Å². The molecule has 4 rings (SSSR count). The number of benzene rings is 2. The lowest BCUT2D eigenvalue weighted by atomic mass is 10.0. The summed E-state index contributed by atoms with van der Waals surface area (Å²) in [6, 6.07) is 13.0. The van der Waals surface area contributed by atoms with E-state index in [-0.39, 0.29) is 11.7 Å². The van der Waals surface area contributed by atoms with Crippen LogP contribution in [0.5, 0.6) is 0 Å². The van der Waals surface area contributed by atoms with Crippen molar-refractivity contribution in [3.63, 3.8) is 0 Å². The Balaban J connectivity index is 1.67. The zero-order valence-corrected chi connectivity index (χ0v) is 14.6. The molecule has 2 aromatic carbocycles.